The fraction of sp³-hybridized carbons (Fsp3) is 0.174. The Kier molecular flexibility index (Phi) is 6.29. The lowest BCUT2D eigenvalue weighted by molar-refractivity contribution is -0.143. The van der Waals surface area contributed by atoms with Crippen LogP contribution in [0.4, 0.5) is 27.6 Å². The van der Waals surface area contributed by atoms with Gasteiger partial charge in [0.15, 0.2) is 11.6 Å². The third kappa shape index (κ3) is 4.65. The maximum absolute atomic E-state index is 14.3. The first-order valence-electron chi connectivity index (χ1n) is 10.4. The van der Waals surface area contributed by atoms with Crippen molar-refractivity contribution in [3.05, 3.63) is 76.3 Å². The molecule has 13 heteroatoms. The Hall–Kier alpha value is -3.87. The van der Waals surface area contributed by atoms with Crippen LogP contribution in [0.15, 0.2) is 53.5 Å². The number of hydrogen-bond acceptors (Lipinski definition) is 4. The third-order valence-corrected chi connectivity index (χ3v) is 6.70. The van der Waals surface area contributed by atoms with Crippen molar-refractivity contribution in [2.24, 2.45) is 7.05 Å². The predicted octanol–water partition coefficient (Wildman–Crippen LogP) is 5.38. The zero-order valence-electron chi connectivity index (χ0n) is 18.7. The molecule has 36 heavy (non-hydrogen) atoms. The van der Waals surface area contributed by atoms with Gasteiger partial charge in [-0.1, -0.05) is 0 Å². The van der Waals surface area contributed by atoms with Crippen LogP contribution in [0.3, 0.4) is 0 Å². The topological polar surface area (TPSA) is 93.2 Å². The minimum atomic E-state index is -5.03. The SMILES string of the molecule is CCS(=O)(=O)Nc1ccc(Oc2ccc(F)cc2F)c(-c2c(C(F)(F)F)n(C)c(=O)c3cc[nH]c23)c1. The van der Waals surface area contributed by atoms with Crippen molar-refractivity contribution in [3.63, 3.8) is 0 Å². The molecule has 2 N–H and O–H groups in total. The second-order valence-corrected chi connectivity index (χ2v) is 9.76. The van der Waals surface area contributed by atoms with E-state index in [1.807, 2.05) is 0 Å². The van der Waals surface area contributed by atoms with Crippen LogP contribution in [-0.4, -0.2) is 23.7 Å². The first-order valence-corrected chi connectivity index (χ1v) is 12.0. The molecule has 0 amide bonds. The molecule has 0 aliphatic rings. The number of nitrogens with zero attached hydrogens (tertiary/aromatic N) is 1. The molecule has 190 valence electrons. The number of hydrogen-bond donors (Lipinski definition) is 2. The average molecular weight is 527 g/mol. The van der Waals surface area contributed by atoms with Crippen molar-refractivity contribution in [2.75, 3.05) is 10.5 Å². The summed E-state index contributed by atoms with van der Waals surface area (Å²) in [5.41, 5.74) is -3.38. The largest absolute Gasteiger partial charge is 0.454 e. The summed E-state index contributed by atoms with van der Waals surface area (Å²) in [6.07, 6.45) is -3.75. The van der Waals surface area contributed by atoms with E-state index in [9.17, 15) is 35.2 Å². The van der Waals surface area contributed by atoms with Crippen molar-refractivity contribution in [1.82, 2.24) is 9.55 Å². The number of rotatable bonds is 6. The molecular formula is C23H18F5N3O4S. The highest BCUT2D eigenvalue weighted by molar-refractivity contribution is 7.92. The van der Waals surface area contributed by atoms with Crippen molar-refractivity contribution in [3.8, 4) is 22.6 Å². The summed E-state index contributed by atoms with van der Waals surface area (Å²) < 4.78 is 103. The molecule has 4 aromatic rings. The van der Waals surface area contributed by atoms with Gasteiger partial charge >= 0.3 is 6.18 Å². The third-order valence-electron chi connectivity index (χ3n) is 5.39. The van der Waals surface area contributed by atoms with Gasteiger partial charge in [-0.15, -0.1) is 0 Å². The second kappa shape index (κ2) is 8.97. The molecule has 4 rings (SSSR count). The number of pyridine rings is 1. The van der Waals surface area contributed by atoms with Crippen molar-refractivity contribution >= 4 is 26.6 Å². The normalized spacial score (nSPS) is 12.2. The van der Waals surface area contributed by atoms with E-state index >= 15 is 0 Å². The molecule has 7 nitrogen and oxygen atoms in total. The second-order valence-electron chi connectivity index (χ2n) is 7.75. The summed E-state index contributed by atoms with van der Waals surface area (Å²) in [4.78, 5) is 15.2. The zero-order chi connectivity index (χ0) is 26.4. The highest BCUT2D eigenvalue weighted by Gasteiger charge is 2.39. The number of alkyl halides is 3. The van der Waals surface area contributed by atoms with Gasteiger partial charge in [-0.2, -0.15) is 13.2 Å². The smallest absolute Gasteiger partial charge is 0.432 e. The minimum Gasteiger partial charge on any atom is -0.454 e. The van der Waals surface area contributed by atoms with Crippen LogP contribution in [0.2, 0.25) is 0 Å². The number of anilines is 1. The number of nitrogens with one attached hydrogen (secondary N) is 2. The molecular weight excluding hydrogens is 509 g/mol. The molecule has 0 saturated heterocycles. The summed E-state index contributed by atoms with van der Waals surface area (Å²) in [6.45, 7) is 1.37. The number of benzene rings is 2. The molecule has 0 radical (unpaired) electrons. The molecule has 2 heterocycles. The Balaban J connectivity index is 2.07. The van der Waals surface area contributed by atoms with E-state index in [4.69, 9.17) is 4.74 Å². The number of sulfonamides is 1. The molecule has 0 aliphatic heterocycles. The first-order chi connectivity index (χ1) is 16.8. The van der Waals surface area contributed by atoms with E-state index in [0.29, 0.717) is 10.6 Å². The molecule has 0 aliphatic carbocycles. The Bertz CT molecular complexity index is 1640. The van der Waals surface area contributed by atoms with Crippen LogP contribution < -0.4 is 15.0 Å². The number of H-pyrrole nitrogens is 1. The van der Waals surface area contributed by atoms with Gasteiger partial charge in [0, 0.05) is 36.1 Å². The molecule has 2 aromatic heterocycles. The van der Waals surface area contributed by atoms with Crippen LogP contribution in [0.25, 0.3) is 22.0 Å². The Morgan fingerprint density at radius 1 is 1.06 bits per heavy atom. The molecule has 0 spiro atoms. The van der Waals surface area contributed by atoms with Gasteiger partial charge in [-0.25, -0.2) is 17.2 Å². The lowest BCUT2D eigenvalue weighted by atomic mass is 9.99. The van der Waals surface area contributed by atoms with Gasteiger partial charge in [0.05, 0.1) is 16.7 Å². The number of fused-ring (bicyclic) bond motifs is 1. The lowest BCUT2D eigenvalue weighted by Crippen LogP contribution is -2.27. The van der Waals surface area contributed by atoms with E-state index in [2.05, 4.69) is 9.71 Å². The molecule has 0 bridgehead atoms. The van der Waals surface area contributed by atoms with Crippen LogP contribution in [-0.2, 0) is 23.2 Å². The van der Waals surface area contributed by atoms with Crippen molar-refractivity contribution in [2.45, 2.75) is 13.1 Å². The Labute approximate surface area is 201 Å². The van der Waals surface area contributed by atoms with Crippen LogP contribution >= 0.6 is 0 Å². The van der Waals surface area contributed by atoms with Gasteiger partial charge < -0.3 is 14.3 Å². The van der Waals surface area contributed by atoms with E-state index in [1.165, 1.54) is 25.3 Å². The molecule has 0 saturated carbocycles. The Morgan fingerprint density at radius 3 is 2.39 bits per heavy atom. The number of aromatic amines is 1. The van der Waals surface area contributed by atoms with Crippen LogP contribution in [0, 0.1) is 11.6 Å². The highest BCUT2D eigenvalue weighted by atomic mass is 32.2. The van der Waals surface area contributed by atoms with E-state index in [-0.39, 0.29) is 33.7 Å². The summed E-state index contributed by atoms with van der Waals surface area (Å²) in [6, 6.07) is 7.14. The fourth-order valence-electron chi connectivity index (χ4n) is 3.72. The maximum atomic E-state index is 14.3. The molecule has 0 unspecified atom stereocenters. The molecule has 0 fully saturated rings. The van der Waals surface area contributed by atoms with Gasteiger partial charge in [0.1, 0.15) is 17.3 Å². The van der Waals surface area contributed by atoms with Crippen molar-refractivity contribution in [1.29, 1.82) is 0 Å². The molecule has 2 aromatic carbocycles. The van der Waals surface area contributed by atoms with E-state index in [1.54, 1.807) is 0 Å². The summed E-state index contributed by atoms with van der Waals surface area (Å²) in [5, 5.41) is -0.0704. The number of ether oxygens (including phenoxy) is 1. The summed E-state index contributed by atoms with van der Waals surface area (Å²) in [7, 11) is -2.87. The van der Waals surface area contributed by atoms with Crippen LogP contribution in [0.1, 0.15) is 12.6 Å². The van der Waals surface area contributed by atoms with Crippen LogP contribution in [0.5, 0.6) is 11.5 Å². The van der Waals surface area contributed by atoms with Gasteiger partial charge in [0.25, 0.3) is 5.56 Å². The number of halogens is 5. The van der Waals surface area contributed by atoms with E-state index < -0.39 is 50.4 Å². The summed E-state index contributed by atoms with van der Waals surface area (Å²) >= 11 is 0. The predicted molar refractivity (Wildman–Crippen MR) is 123 cm³/mol. The lowest BCUT2D eigenvalue weighted by Gasteiger charge is -2.21. The molecule has 0 atom stereocenters. The van der Waals surface area contributed by atoms with Crippen molar-refractivity contribution < 1.29 is 35.1 Å². The van der Waals surface area contributed by atoms with Gasteiger partial charge in [-0.05, 0) is 43.3 Å². The average Bonchev–Trinajstić information content (AvgIpc) is 3.28. The standard InChI is InChI=1S/C23H18F5N3O4S/c1-3-36(33,34)30-13-5-7-17(35-18-6-4-12(24)10-16(18)25)15(11-13)19-20-14(8-9-29-20)22(32)31(2)21(19)23(26,27)28/h4-11,29-30H,3H2,1-2H3. The summed E-state index contributed by atoms with van der Waals surface area (Å²) in [5.74, 6) is -3.11. The van der Waals surface area contributed by atoms with E-state index in [0.717, 1.165) is 31.3 Å². The van der Waals surface area contributed by atoms with Gasteiger partial charge in [-0.3, -0.25) is 9.52 Å². The van der Waals surface area contributed by atoms with Gasteiger partial charge in [0.2, 0.25) is 10.0 Å². The highest BCUT2D eigenvalue weighted by Crippen LogP contribution is 2.45. The fourth-order valence-corrected chi connectivity index (χ4v) is 4.35. The maximum Gasteiger partial charge on any atom is 0.432 e. The number of aromatic nitrogens is 2. The minimum absolute atomic E-state index is 0.0704. The quantitative estimate of drug-likeness (QED) is 0.329. The first kappa shape index (κ1) is 25.2. The zero-order valence-corrected chi connectivity index (χ0v) is 19.5. The Morgan fingerprint density at radius 2 is 1.75 bits per heavy atom. The monoisotopic (exact) mass is 527 g/mol.